The van der Waals surface area contributed by atoms with Crippen LogP contribution in [0, 0.1) is 18.3 Å². The van der Waals surface area contributed by atoms with Crippen LogP contribution in [0.4, 0.5) is 0 Å². The summed E-state index contributed by atoms with van der Waals surface area (Å²) in [6.45, 7) is 6.09. The molecule has 1 atom stereocenters. The number of hydrogen-bond donors (Lipinski definition) is 1. The lowest BCUT2D eigenvalue weighted by molar-refractivity contribution is -0.137. The molecule has 17 heavy (non-hydrogen) atoms. The van der Waals surface area contributed by atoms with E-state index in [0.717, 1.165) is 52.1 Å². The van der Waals surface area contributed by atoms with Gasteiger partial charge in [0.15, 0.2) is 0 Å². The van der Waals surface area contributed by atoms with E-state index in [1.54, 1.807) is 0 Å². The van der Waals surface area contributed by atoms with Crippen LogP contribution in [-0.2, 0) is 4.79 Å². The summed E-state index contributed by atoms with van der Waals surface area (Å²) in [5, 5.41) is 3.30. The van der Waals surface area contributed by atoms with Gasteiger partial charge in [-0.25, -0.2) is 0 Å². The second kappa shape index (κ2) is 6.04. The molecular weight excluding hydrogens is 214 g/mol. The van der Waals surface area contributed by atoms with Gasteiger partial charge < -0.3 is 10.2 Å². The Morgan fingerprint density at radius 3 is 2.71 bits per heavy atom. The zero-order valence-electron chi connectivity index (χ0n) is 10.3. The molecule has 2 aliphatic heterocycles. The van der Waals surface area contributed by atoms with Crippen LogP contribution in [0.3, 0.4) is 0 Å². The van der Waals surface area contributed by atoms with E-state index < -0.39 is 0 Å². The molecule has 2 fully saturated rings. The third-order valence-corrected chi connectivity index (χ3v) is 3.64. The van der Waals surface area contributed by atoms with Crippen LogP contribution in [0.1, 0.15) is 12.8 Å². The van der Waals surface area contributed by atoms with Crippen LogP contribution >= 0.6 is 0 Å². The number of nitrogens with zero attached hydrogens (tertiary/aromatic N) is 2. The number of nitrogens with one attached hydrogen (secondary N) is 1. The van der Waals surface area contributed by atoms with Gasteiger partial charge in [-0.15, -0.1) is 6.42 Å². The number of terminal acetylenes is 1. The lowest BCUT2D eigenvalue weighted by Crippen LogP contribution is -2.52. The fourth-order valence-electron chi connectivity index (χ4n) is 2.58. The van der Waals surface area contributed by atoms with Gasteiger partial charge in [-0.1, -0.05) is 5.92 Å². The monoisotopic (exact) mass is 235 g/mol. The maximum atomic E-state index is 12.2. The van der Waals surface area contributed by atoms with E-state index in [-0.39, 0.29) is 5.92 Å². The minimum Gasteiger partial charge on any atom is -0.340 e. The van der Waals surface area contributed by atoms with Gasteiger partial charge in [0.1, 0.15) is 0 Å². The number of carbonyl (C=O) groups is 1. The predicted octanol–water partition coefficient (Wildman–Crippen LogP) is -0.237. The first-order valence-corrected chi connectivity index (χ1v) is 6.46. The third-order valence-electron chi connectivity index (χ3n) is 3.64. The van der Waals surface area contributed by atoms with E-state index in [1.165, 1.54) is 0 Å². The van der Waals surface area contributed by atoms with E-state index in [4.69, 9.17) is 6.42 Å². The zero-order chi connectivity index (χ0) is 12.1. The second-order valence-corrected chi connectivity index (χ2v) is 4.85. The minimum atomic E-state index is 0.197. The molecule has 0 aromatic heterocycles. The summed E-state index contributed by atoms with van der Waals surface area (Å²) >= 11 is 0. The minimum absolute atomic E-state index is 0.197. The molecule has 4 heteroatoms. The number of rotatable bonds is 2. The summed E-state index contributed by atoms with van der Waals surface area (Å²) in [6, 6.07) is 0. The summed E-state index contributed by atoms with van der Waals surface area (Å²) < 4.78 is 0. The Bertz CT molecular complexity index is 296. The molecule has 0 aromatic carbocycles. The van der Waals surface area contributed by atoms with E-state index in [9.17, 15) is 4.79 Å². The molecule has 0 bridgehead atoms. The Morgan fingerprint density at radius 2 is 2.12 bits per heavy atom. The Hall–Kier alpha value is -1.05. The lowest BCUT2D eigenvalue weighted by atomic mass is 9.98. The Labute approximate surface area is 103 Å². The highest BCUT2D eigenvalue weighted by molar-refractivity contribution is 5.79. The van der Waals surface area contributed by atoms with Crippen LogP contribution < -0.4 is 5.32 Å². The molecule has 0 saturated carbocycles. The van der Waals surface area contributed by atoms with E-state index in [2.05, 4.69) is 16.1 Å². The van der Waals surface area contributed by atoms with Crippen molar-refractivity contribution in [3.63, 3.8) is 0 Å². The largest absolute Gasteiger partial charge is 0.340 e. The SMILES string of the molecule is C#CCN1CCN(C(=O)[C@@H]2CCCNC2)CC1. The van der Waals surface area contributed by atoms with Crippen LogP contribution in [0.5, 0.6) is 0 Å². The molecule has 0 aliphatic carbocycles. The average molecular weight is 235 g/mol. The molecule has 0 unspecified atom stereocenters. The normalized spacial score (nSPS) is 26.5. The predicted molar refractivity (Wildman–Crippen MR) is 67.4 cm³/mol. The Kier molecular flexibility index (Phi) is 4.41. The van der Waals surface area contributed by atoms with Crippen molar-refractivity contribution in [2.75, 3.05) is 45.8 Å². The molecule has 0 aromatic rings. The van der Waals surface area contributed by atoms with Crippen molar-refractivity contribution in [1.29, 1.82) is 0 Å². The molecule has 1 amide bonds. The number of hydrogen-bond acceptors (Lipinski definition) is 3. The van der Waals surface area contributed by atoms with Gasteiger partial charge in [-0.05, 0) is 19.4 Å². The van der Waals surface area contributed by atoms with Crippen molar-refractivity contribution in [1.82, 2.24) is 15.1 Å². The quantitative estimate of drug-likeness (QED) is 0.671. The summed E-state index contributed by atoms with van der Waals surface area (Å²) in [4.78, 5) is 16.5. The van der Waals surface area contributed by atoms with Gasteiger partial charge in [-0.2, -0.15) is 0 Å². The maximum absolute atomic E-state index is 12.2. The molecule has 2 rings (SSSR count). The highest BCUT2D eigenvalue weighted by Crippen LogP contribution is 2.14. The fraction of sp³-hybridized carbons (Fsp3) is 0.769. The van der Waals surface area contributed by atoms with Gasteiger partial charge in [0, 0.05) is 32.7 Å². The second-order valence-electron chi connectivity index (χ2n) is 4.85. The standard InChI is InChI=1S/C13H21N3O/c1-2-6-15-7-9-16(10-8-15)13(17)12-4-3-5-14-11-12/h1,12,14H,3-11H2/t12-/m1/s1. The van der Waals surface area contributed by atoms with Gasteiger partial charge in [-0.3, -0.25) is 9.69 Å². The van der Waals surface area contributed by atoms with Crippen molar-refractivity contribution in [3.05, 3.63) is 0 Å². The molecule has 2 saturated heterocycles. The van der Waals surface area contributed by atoms with Crippen LogP contribution in [0.25, 0.3) is 0 Å². The molecule has 1 N–H and O–H groups in total. The first-order valence-electron chi connectivity index (χ1n) is 6.46. The van der Waals surface area contributed by atoms with Crippen molar-refractivity contribution in [3.8, 4) is 12.3 Å². The topological polar surface area (TPSA) is 35.6 Å². The summed E-state index contributed by atoms with van der Waals surface area (Å²) in [6.07, 6.45) is 7.45. The van der Waals surface area contributed by atoms with Gasteiger partial charge >= 0.3 is 0 Å². The number of amides is 1. The molecule has 94 valence electrons. The summed E-state index contributed by atoms with van der Waals surface area (Å²) in [7, 11) is 0. The van der Waals surface area contributed by atoms with Gasteiger partial charge in [0.2, 0.25) is 5.91 Å². The van der Waals surface area contributed by atoms with E-state index in [0.29, 0.717) is 12.5 Å². The fourth-order valence-corrected chi connectivity index (χ4v) is 2.58. The first-order chi connectivity index (χ1) is 8.31. The molecule has 2 aliphatic rings. The highest BCUT2D eigenvalue weighted by atomic mass is 16.2. The van der Waals surface area contributed by atoms with Gasteiger partial charge in [0.25, 0.3) is 0 Å². The molecule has 0 radical (unpaired) electrons. The van der Waals surface area contributed by atoms with Crippen molar-refractivity contribution < 1.29 is 4.79 Å². The molecular formula is C13H21N3O. The van der Waals surface area contributed by atoms with Crippen molar-refractivity contribution in [2.24, 2.45) is 5.92 Å². The third kappa shape index (κ3) is 3.21. The van der Waals surface area contributed by atoms with Crippen molar-refractivity contribution in [2.45, 2.75) is 12.8 Å². The molecule has 4 nitrogen and oxygen atoms in total. The highest BCUT2D eigenvalue weighted by Gasteiger charge is 2.27. The van der Waals surface area contributed by atoms with Crippen LogP contribution in [-0.4, -0.2) is 61.5 Å². The number of piperidine rings is 1. The number of piperazine rings is 1. The van der Waals surface area contributed by atoms with Gasteiger partial charge in [0.05, 0.1) is 12.5 Å². The lowest BCUT2D eigenvalue weighted by Gasteiger charge is -2.36. The first kappa shape index (κ1) is 12.4. The summed E-state index contributed by atoms with van der Waals surface area (Å²) in [5.74, 6) is 3.19. The zero-order valence-corrected chi connectivity index (χ0v) is 10.3. The molecule has 0 spiro atoms. The van der Waals surface area contributed by atoms with E-state index >= 15 is 0 Å². The van der Waals surface area contributed by atoms with Crippen LogP contribution in [0.15, 0.2) is 0 Å². The average Bonchev–Trinajstić information content (AvgIpc) is 2.40. The Balaban J connectivity index is 1.79. The van der Waals surface area contributed by atoms with Crippen molar-refractivity contribution >= 4 is 5.91 Å². The van der Waals surface area contributed by atoms with E-state index in [1.807, 2.05) is 4.90 Å². The maximum Gasteiger partial charge on any atom is 0.227 e. The summed E-state index contributed by atoms with van der Waals surface area (Å²) in [5.41, 5.74) is 0. The Morgan fingerprint density at radius 1 is 1.35 bits per heavy atom. The smallest absolute Gasteiger partial charge is 0.227 e. The number of carbonyl (C=O) groups excluding carboxylic acids is 1. The molecule has 2 heterocycles. The van der Waals surface area contributed by atoms with Crippen LogP contribution in [0.2, 0.25) is 0 Å².